The summed E-state index contributed by atoms with van der Waals surface area (Å²) in [5, 5.41) is 0. The Balaban J connectivity index is 1.58. The van der Waals surface area contributed by atoms with Crippen molar-refractivity contribution in [3.05, 3.63) is 34.0 Å². The molecule has 4 fully saturated rings. The Morgan fingerprint density at radius 2 is 2.04 bits per heavy atom. The van der Waals surface area contributed by atoms with Gasteiger partial charge in [-0.1, -0.05) is 12.2 Å². The second kappa shape index (κ2) is 4.19. The summed E-state index contributed by atoms with van der Waals surface area (Å²) in [5.74, 6) is 1.12. The van der Waals surface area contributed by atoms with Crippen LogP contribution in [0.5, 0.6) is 0 Å². The predicted octanol–water partition coefficient (Wildman–Crippen LogP) is 3.38. The fourth-order valence-corrected chi connectivity index (χ4v) is 6.41. The van der Waals surface area contributed by atoms with Crippen LogP contribution in [0.3, 0.4) is 0 Å². The summed E-state index contributed by atoms with van der Waals surface area (Å²) in [7, 11) is 0. The molecule has 0 radical (unpaired) electrons. The number of hydrogen-bond donors (Lipinski definition) is 1. The monoisotopic (exact) mass is 325 g/mol. The van der Waals surface area contributed by atoms with Gasteiger partial charge in [0.2, 0.25) is 0 Å². The number of H-pyrrole nitrogens is 1. The molecule has 4 saturated carbocycles. The molecular formula is C19H20FN3O. The summed E-state index contributed by atoms with van der Waals surface area (Å²) in [6.07, 6.45) is 11.0. The van der Waals surface area contributed by atoms with Crippen LogP contribution in [0.4, 0.5) is 4.39 Å². The zero-order valence-electron chi connectivity index (χ0n) is 13.5. The third-order valence-electron chi connectivity index (χ3n) is 6.91. The number of pyridine rings is 1. The van der Waals surface area contributed by atoms with E-state index in [0.717, 1.165) is 48.0 Å². The Kier molecular flexibility index (Phi) is 2.34. The Morgan fingerprint density at radius 3 is 2.79 bits per heavy atom. The quantitative estimate of drug-likeness (QED) is 0.874. The Hall–Kier alpha value is -1.91. The van der Waals surface area contributed by atoms with E-state index >= 15 is 4.39 Å². The highest BCUT2D eigenvalue weighted by Crippen LogP contribution is 2.61. The Labute approximate surface area is 138 Å². The maximum atomic E-state index is 15.0. The Bertz CT molecular complexity index is 939. The van der Waals surface area contributed by atoms with Crippen LogP contribution in [0.15, 0.2) is 17.1 Å². The van der Waals surface area contributed by atoms with Gasteiger partial charge in [0.05, 0.1) is 22.9 Å². The van der Waals surface area contributed by atoms with Crippen molar-refractivity contribution in [2.24, 2.45) is 17.8 Å². The maximum absolute atomic E-state index is 15.0. The summed E-state index contributed by atoms with van der Waals surface area (Å²) in [6, 6.07) is 0.146. The first-order valence-corrected chi connectivity index (χ1v) is 9.09. The van der Waals surface area contributed by atoms with Crippen LogP contribution in [0.1, 0.15) is 49.4 Å². The third kappa shape index (κ3) is 1.58. The van der Waals surface area contributed by atoms with E-state index in [9.17, 15) is 4.79 Å². The molecule has 0 spiro atoms. The molecule has 5 aliphatic carbocycles. The average molecular weight is 325 g/mol. The molecule has 2 aromatic heterocycles. The lowest BCUT2D eigenvalue weighted by molar-refractivity contribution is -0.103. The molecular weight excluding hydrogens is 305 g/mol. The lowest BCUT2D eigenvalue weighted by atomic mass is 9.53. The van der Waals surface area contributed by atoms with Gasteiger partial charge in [-0.05, 0) is 49.9 Å². The van der Waals surface area contributed by atoms with Crippen molar-refractivity contribution in [1.82, 2.24) is 14.5 Å². The molecule has 0 saturated heterocycles. The van der Waals surface area contributed by atoms with Gasteiger partial charge in [0.15, 0.2) is 0 Å². The lowest BCUT2D eigenvalue weighted by Crippen LogP contribution is -2.54. The molecule has 0 aromatic carbocycles. The number of alkyl halides is 1. The topological polar surface area (TPSA) is 50.7 Å². The lowest BCUT2D eigenvalue weighted by Gasteiger charge is -2.57. The number of imidazole rings is 1. The molecule has 7 rings (SSSR count). The van der Waals surface area contributed by atoms with E-state index < -0.39 is 5.67 Å². The summed E-state index contributed by atoms with van der Waals surface area (Å²) in [6.45, 7) is 0. The van der Waals surface area contributed by atoms with Gasteiger partial charge in [-0.15, -0.1) is 0 Å². The molecule has 0 aliphatic heterocycles. The summed E-state index contributed by atoms with van der Waals surface area (Å²) in [4.78, 5) is 20.3. The first-order valence-electron chi connectivity index (χ1n) is 9.09. The van der Waals surface area contributed by atoms with Crippen LogP contribution in [0, 0.1) is 17.8 Å². The number of nitrogens with one attached hydrogen (secondary N) is 1. The van der Waals surface area contributed by atoms with Crippen molar-refractivity contribution in [2.45, 2.75) is 50.2 Å². The van der Waals surface area contributed by atoms with Crippen molar-refractivity contribution < 1.29 is 4.39 Å². The smallest absolute Gasteiger partial charge is 0.304 e. The van der Waals surface area contributed by atoms with E-state index in [1.165, 1.54) is 0 Å². The van der Waals surface area contributed by atoms with E-state index in [1.807, 2.05) is 4.57 Å². The van der Waals surface area contributed by atoms with Crippen molar-refractivity contribution in [1.29, 1.82) is 0 Å². The molecule has 4 bridgehead atoms. The van der Waals surface area contributed by atoms with E-state index in [4.69, 9.17) is 0 Å². The highest BCUT2D eigenvalue weighted by molar-refractivity contribution is 5.87. The predicted molar refractivity (Wildman–Crippen MR) is 89.5 cm³/mol. The molecule has 2 heterocycles. The molecule has 0 amide bonds. The molecule has 1 N–H and O–H groups in total. The number of nitrogens with zero attached hydrogens (tertiary/aromatic N) is 2. The van der Waals surface area contributed by atoms with Crippen molar-refractivity contribution in [3.8, 4) is 0 Å². The van der Waals surface area contributed by atoms with Crippen LogP contribution in [0.25, 0.3) is 17.1 Å². The van der Waals surface area contributed by atoms with Crippen molar-refractivity contribution in [3.63, 3.8) is 0 Å². The minimum Gasteiger partial charge on any atom is -0.304 e. The molecule has 5 aliphatic rings. The van der Waals surface area contributed by atoms with Gasteiger partial charge in [-0.2, -0.15) is 0 Å². The van der Waals surface area contributed by atoms with Crippen LogP contribution >= 0.6 is 0 Å². The van der Waals surface area contributed by atoms with Gasteiger partial charge in [0, 0.05) is 18.0 Å². The fraction of sp³-hybridized carbons (Fsp3) is 0.579. The Morgan fingerprint density at radius 1 is 1.25 bits per heavy atom. The van der Waals surface area contributed by atoms with E-state index in [2.05, 4.69) is 22.1 Å². The number of allylic oxidation sites excluding steroid dienone is 1. The van der Waals surface area contributed by atoms with Crippen LogP contribution < -0.4 is 5.69 Å². The highest BCUT2D eigenvalue weighted by atomic mass is 19.1. The molecule has 2 aromatic rings. The van der Waals surface area contributed by atoms with E-state index in [1.54, 1.807) is 6.20 Å². The zero-order valence-corrected chi connectivity index (χ0v) is 13.5. The minimum atomic E-state index is -0.966. The number of hydrogen-bond acceptors (Lipinski definition) is 2. The van der Waals surface area contributed by atoms with Crippen LogP contribution in [0.2, 0.25) is 0 Å². The van der Waals surface area contributed by atoms with E-state index in [0.29, 0.717) is 30.6 Å². The van der Waals surface area contributed by atoms with Crippen molar-refractivity contribution >= 4 is 17.1 Å². The summed E-state index contributed by atoms with van der Waals surface area (Å²) in [5.41, 5.74) is 2.91. The molecule has 5 heteroatoms. The zero-order chi connectivity index (χ0) is 16.1. The second-order valence-corrected chi connectivity index (χ2v) is 8.40. The number of aromatic amines is 1. The molecule has 3 unspecified atom stereocenters. The summed E-state index contributed by atoms with van der Waals surface area (Å²) < 4.78 is 17.0. The fourth-order valence-electron chi connectivity index (χ4n) is 6.41. The molecule has 124 valence electrons. The largest absolute Gasteiger partial charge is 0.326 e. The average Bonchev–Trinajstić information content (AvgIpc) is 3.09. The number of fused-ring (bicyclic) bond motifs is 3. The third-order valence-corrected chi connectivity index (χ3v) is 6.91. The highest BCUT2D eigenvalue weighted by Gasteiger charge is 2.57. The van der Waals surface area contributed by atoms with Crippen LogP contribution in [-0.4, -0.2) is 20.2 Å². The number of halogens is 1. The van der Waals surface area contributed by atoms with Gasteiger partial charge < -0.3 is 4.98 Å². The standard InChI is InChI=1S/C19H20FN3O/c20-19-6-10-4-11(7-19)16(12(5-10)8-19)23-17-13-2-1-3-14(13)21-9-15(17)22-18(23)24/h1-2,9-12,16H,3-8H2,(H,22,24)/t10?,11-,12+,16?,19?. The first kappa shape index (κ1) is 13.4. The van der Waals surface area contributed by atoms with Gasteiger partial charge in [-0.3, -0.25) is 9.55 Å². The van der Waals surface area contributed by atoms with E-state index in [-0.39, 0.29) is 11.7 Å². The maximum Gasteiger partial charge on any atom is 0.326 e. The SMILES string of the molecule is O=c1[nH]c2cnc3c(c2n1C1[C@@H]2CC4C[C@H]1CC(F)(C4)C2)C=CC3. The van der Waals surface area contributed by atoms with Gasteiger partial charge in [0.1, 0.15) is 5.67 Å². The normalized spacial score (nSPS) is 39.0. The molecule has 24 heavy (non-hydrogen) atoms. The van der Waals surface area contributed by atoms with Crippen LogP contribution in [-0.2, 0) is 6.42 Å². The van der Waals surface area contributed by atoms with Gasteiger partial charge >= 0.3 is 5.69 Å². The number of aromatic nitrogens is 3. The van der Waals surface area contributed by atoms with Gasteiger partial charge in [0.25, 0.3) is 0 Å². The second-order valence-electron chi connectivity index (χ2n) is 8.40. The summed E-state index contributed by atoms with van der Waals surface area (Å²) >= 11 is 0. The minimum absolute atomic E-state index is 0.0501. The number of rotatable bonds is 1. The van der Waals surface area contributed by atoms with Gasteiger partial charge in [-0.25, -0.2) is 9.18 Å². The van der Waals surface area contributed by atoms with Crippen molar-refractivity contribution in [2.75, 3.05) is 0 Å². The molecule has 4 nitrogen and oxygen atoms in total. The molecule has 5 atom stereocenters. The first-order chi connectivity index (χ1) is 11.6.